The van der Waals surface area contributed by atoms with Gasteiger partial charge in [0, 0.05) is 19.3 Å². The van der Waals surface area contributed by atoms with Crippen LogP contribution in [-0.2, 0) is 13.1 Å². The quantitative estimate of drug-likeness (QED) is 0.873. The zero-order valence-electron chi connectivity index (χ0n) is 10.7. The molecule has 1 N–H and O–H groups in total. The van der Waals surface area contributed by atoms with Crippen molar-refractivity contribution in [2.45, 2.75) is 33.9 Å². The predicted octanol–water partition coefficient (Wildman–Crippen LogP) is 3.13. The smallest absolute Gasteiger partial charge is 0.203 e. The van der Waals surface area contributed by atoms with Crippen molar-refractivity contribution in [1.29, 1.82) is 0 Å². The van der Waals surface area contributed by atoms with Crippen molar-refractivity contribution in [3.63, 3.8) is 0 Å². The van der Waals surface area contributed by atoms with Crippen LogP contribution < -0.4 is 5.32 Å². The third kappa shape index (κ3) is 2.87. The van der Waals surface area contributed by atoms with Crippen LogP contribution in [0.1, 0.15) is 23.7 Å². The lowest BCUT2D eigenvalue weighted by atomic mass is 10.1. The van der Waals surface area contributed by atoms with Gasteiger partial charge in [-0.25, -0.2) is 4.98 Å². The van der Waals surface area contributed by atoms with Gasteiger partial charge in [0.05, 0.1) is 5.69 Å². The number of imidazole rings is 1. The van der Waals surface area contributed by atoms with Gasteiger partial charge in [0.2, 0.25) is 5.95 Å². The van der Waals surface area contributed by atoms with Gasteiger partial charge in [-0.05, 0) is 26.3 Å². The van der Waals surface area contributed by atoms with Crippen LogP contribution >= 0.6 is 0 Å². The van der Waals surface area contributed by atoms with Crippen LogP contribution in [0.25, 0.3) is 0 Å². The van der Waals surface area contributed by atoms with Crippen molar-refractivity contribution in [2.75, 3.05) is 5.32 Å². The zero-order valence-corrected chi connectivity index (χ0v) is 10.7. The summed E-state index contributed by atoms with van der Waals surface area (Å²) < 4.78 is 2.13. The van der Waals surface area contributed by atoms with Crippen molar-refractivity contribution in [2.24, 2.45) is 0 Å². The van der Waals surface area contributed by atoms with Crippen molar-refractivity contribution < 1.29 is 0 Å². The molecule has 0 aliphatic rings. The molecule has 1 aromatic carbocycles. The monoisotopic (exact) mass is 229 g/mol. The number of nitrogens with zero attached hydrogens (tertiary/aromatic N) is 2. The maximum atomic E-state index is 4.47. The molecule has 0 fully saturated rings. The first-order chi connectivity index (χ1) is 8.19. The number of nitrogens with one attached hydrogen (secondary N) is 1. The molecule has 2 rings (SSSR count). The number of aryl methyl sites for hydroxylation is 3. The van der Waals surface area contributed by atoms with Crippen LogP contribution in [0, 0.1) is 13.8 Å². The number of anilines is 1. The lowest BCUT2D eigenvalue weighted by Gasteiger charge is -2.07. The molecule has 1 heterocycles. The minimum atomic E-state index is 0.816. The summed E-state index contributed by atoms with van der Waals surface area (Å²) in [5, 5.41) is 3.37. The van der Waals surface area contributed by atoms with Gasteiger partial charge in [-0.1, -0.05) is 29.8 Å². The van der Waals surface area contributed by atoms with E-state index in [-0.39, 0.29) is 0 Å². The Labute approximate surface area is 103 Å². The Bertz CT molecular complexity index is 483. The minimum Gasteiger partial charge on any atom is -0.352 e. The summed E-state index contributed by atoms with van der Waals surface area (Å²) in [7, 11) is 0. The van der Waals surface area contributed by atoms with E-state index in [1.54, 1.807) is 0 Å². The molecule has 3 nitrogen and oxygen atoms in total. The highest BCUT2D eigenvalue weighted by Gasteiger charge is 2.03. The largest absolute Gasteiger partial charge is 0.352 e. The lowest BCUT2D eigenvalue weighted by molar-refractivity contribution is 0.762. The van der Waals surface area contributed by atoms with Crippen LogP contribution in [0.2, 0.25) is 0 Å². The van der Waals surface area contributed by atoms with E-state index in [2.05, 4.69) is 59.2 Å². The third-order valence-electron chi connectivity index (χ3n) is 2.81. The maximum Gasteiger partial charge on any atom is 0.203 e. The highest BCUT2D eigenvalue weighted by molar-refractivity contribution is 5.31. The average molecular weight is 229 g/mol. The summed E-state index contributed by atoms with van der Waals surface area (Å²) in [5.74, 6) is 0.950. The van der Waals surface area contributed by atoms with Crippen LogP contribution in [-0.4, -0.2) is 9.55 Å². The fourth-order valence-electron chi connectivity index (χ4n) is 1.82. The summed E-state index contributed by atoms with van der Waals surface area (Å²) in [6.45, 7) is 8.00. The van der Waals surface area contributed by atoms with Gasteiger partial charge in [0.25, 0.3) is 0 Å². The molecule has 1 aromatic heterocycles. The summed E-state index contributed by atoms with van der Waals surface area (Å²) in [6, 6.07) is 8.56. The minimum absolute atomic E-state index is 0.816. The molecule has 17 heavy (non-hydrogen) atoms. The molecule has 0 saturated carbocycles. The Kier molecular flexibility index (Phi) is 3.47. The van der Waals surface area contributed by atoms with Crippen LogP contribution in [0.3, 0.4) is 0 Å². The molecule has 0 bridgehead atoms. The molecule has 0 saturated heterocycles. The highest BCUT2D eigenvalue weighted by atomic mass is 15.2. The van der Waals surface area contributed by atoms with Crippen LogP contribution in [0.15, 0.2) is 30.5 Å². The van der Waals surface area contributed by atoms with Crippen LogP contribution in [0.4, 0.5) is 5.95 Å². The second-order valence-electron chi connectivity index (χ2n) is 4.33. The Hall–Kier alpha value is -1.77. The fourth-order valence-corrected chi connectivity index (χ4v) is 1.82. The predicted molar refractivity (Wildman–Crippen MR) is 71.1 cm³/mol. The van der Waals surface area contributed by atoms with E-state index in [1.807, 2.05) is 6.92 Å². The molecule has 3 heteroatoms. The van der Waals surface area contributed by atoms with Gasteiger partial charge in [-0.2, -0.15) is 0 Å². The second-order valence-corrected chi connectivity index (χ2v) is 4.33. The van der Waals surface area contributed by atoms with Crippen molar-refractivity contribution in [3.8, 4) is 0 Å². The van der Waals surface area contributed by atoms with Gasteiger partial charge < -0.3 is 9.88 Å². The van der Waals surface area contributed by atoms with E-state index in [0.29, 0.717) is 0 Å². The summed E-state index contributed by atoms with van der Waals surface area (Å²) in [4.78, 5) is 4.47. The van der Waals surface area contributed by atoms with E-state index >= 15 is 0 Å². The summed E-state index contributed by atoms with van der Waals surface area (Å²) in [5.41, 5.74) is 3.62. The van der Waals surface area contributed by atoms with Gasteiger partial charge in [-0.15, -0.1) is 0 Å². The zero-order chi connectivity index (χ0) is 12.3. The molecule has 0 radical (unpaired) electrons. The Morgan fingerprint density at radius 2 is 1.88 bits per heavy atom. The van der Waals surface area contributed by atoms with E-state index in [9.17, 15) is 0 Å². The molecule has 0 amide bonds. The number of benzene rings is 1. The standard InChI is InChI=1S/C14H19N3/c1-4-17-10-12(3)16-14(17)15-9-13-7-5-11(2)6-8-13/h5-8,10H,4,9H2,1-3H3,(H,15,16). The van der Waals surface area contributed by atoms with E-state index < -0.39 is 0 Å². The number of aromatic nitrogens is 2. The summed E-state index contributed by atoms with van der Waals surface area (Å²) >= 11 is 0. The Morgan fingerprint density at radius 3 is 2.53 bits per heavy atom. The SMILES string of the molecule is CCn1cc(C)nc1NCc1ccc(C)cc1. The highest BCUT2D eigenvalue weighted by Crippen LogP contribution is 2.10. The number of hydrogen-bond donors (Lipinski definition) is 1. The normalized spacial score (nSPS) is 10.5. The Balaban J connectivity index is 2.04. The van der Waals surface area contributed by atoms with Gasteiger partial charge in [0.15, 0.2) is 0 Å². The Morgan fingerprint density at radius 1 is 1.18 bits per heavy atom. The number of hydrogen-bond acceptors (Lipinski definition) is 2. The molecule has 0 atom stereocenters. The van der Waals surface area contributed by atoms with E-state index in [0.717, 1.165) is 24.7 Å². The van der Waals surface area contributed by atoms with Gasteiger partial charge >= 0.3 is 0 Å². The molecular formula is C14H19N3. The molecule has 0 aliphatic heterocycles. The summed E-state index contributed by atoms with van der Waals surface area (Å²) in [6.07, 6.45) is 2.07. The van der Waals surface area contributed by atoms with Gasteiger partial charge in [-0.3, -0.25) is 0 Å². The molecule has 2 aromatic rings. The molecule has 90 valence electrons. The fraction of sp³-hybridized carbons (Fsp3) is 0.357. The number of rotatable bonds is 4. The first-order valence-corrected chi connectivity index (χ1v) is 6.02. The van der Waals surface area contributed by atoms with Crippen molar-refractivity contribution >= 4 is 5.95 Å². The molecule has 0 spiro atoms. The topological polar surface area (TPSA) is 29.9 Å². The average Bonchev–Trinajstić information content (AvgIpc) is 2.69. The second kappa shape index (κ2) is 5.04. The third-order valence-corrected chi connectivity index (χ3v) is 2.81. The maximum absolute atomic E-state index is 4.47. The lowest BCUT2D eigenvalue weighted by Crippen LogP contribution is -2.06. The first-order valence-electron chi connectivity index (χ1n) is 6.02. The van der Waals surface area contributed by atoms with Crippen molar-refractivity contribution in [3.05, 3.63) is 47.3 Å². The van der Waals surface area contributed by atoms with Gasteiger partial charge in [0.1, 0.15) is 0 Å². The van der Waals surface area contributed by atoms with E-state index in [1.165, 1.54) is 11.1 Å². The first kappa shape index (κ1) is 11.7. The van der Waals surface area contributed by atoms with E-state index in [4.69, 9.17) is 0 Å². The molecular weight excluding hydrogens is 210 g/mol. The van der Waals surface area contributed by atoms with Crippen LogP contribution in [0.5, 0.6) is 0 Å². The molecule has 0 unspecified atom stereocenters. The van der Waals surface area contributed by atoms with Crippen molar-refractivity contribution in [1.82, 2.24) is 9.55 Å². The molecule has 0 aliphatic carbocycles.